The van der Waals surface area contributed by atoms with Gasteiger partial charge in [-0.3, -0.25) is 0 Å². The van der Waals surface area contributed by atoms with Crippen molar-refractivity contribution in [2.24, 2.45) is 11.8 Å². The second kappa shape index (κ2) is 2.00. The molecule has 0 spiro atoms. The Bertz CT molecular complexity index is 187. The van der Waals surface area contributed by atoms with Gasteiger partial charge < -0.3 is 0 Å². The van der Waals surface area contributed by atoms with Gasteiger partial charge in [0.1, 0.15) is 0 Å². The Morgan fingerprint density at radius 2 is 2.44 bits per heavy atom. The molecule has 0 aromatic heterocycles. The Kier molecular flexibility index (Phi) is 1.28. The molecule has 0 nitrogen and oxygen atoms in total. The lowest BCUT2D eigenvalue weighted by atomic mass is 10.0. The van der Waals surface area contributed by atoms with Crippen molar-refractivity contribution in [1.29, 1.82) is 0 Å². The molecule has 2 unspecified atom stereocenters. The Labute approximate surface area is 63.8 Å². The highest BCUT2D eigenvalue weighted by atomic mass is 79.9. The molecule has 0 saturated heterocycles. The van der Waals surface area contributed by atoms with Gasteiger partial charge in [-0.2, -0.15) is 0 Å². The van der Waals surface area contributed by atoms with Gasteiger partial charge >= 0.3 is 0 Å². The summed E-state index contributed by atoms with van der Waals surface area (Å²) in [5.74, 6) is 1.68. The number of hydrogen-bond donors (Lipinski definition) is 0. The predicted molar refractivity (Wildman–Crippen MR) is 41.4 cm³/mol. The third-order valence-corrected chi connectivity index (χ3v) is 3.16. The van der Waals surface area contributed by atoms with Crippen LogP contribution in [0.4, 0.5) is 0 Å². The summed E-state index contributed by atoms with van der Waals surface area (Å²) in [6.45, 7) is 0. The van der Waals surface area contributed by atoms with Crippen LogP contribution in [-0.2, 0) is 0 Å². The van der Waals surface area contributed by atoms with Gasteiger partial charge in [0.05, 0.1) is 0 Å². The molecule has 0 aromatic carbocycles. The van der Waals surface area contributed by atoms with Gasteiger partial charge in [0, 0.05) is 4.48 Å². The topological polar surface area (TPSA) is 0 Å². The molecule has 0 aliphatic heterocycles. The Morgan fingerprint density at radius 1 is 1.56 bits per heavy atom. The summed E-state index contributed by atoms with van der Waals surface area (Å²) in [4.78, 5) is 0. The Morgan fingerprint density at radius 3 is 3.22 bits per heavy atom. The summed E-state index contributed by atoms with van der Waals surface area (Å²) >= 11 is 3.52. The fourth-order valence-electron chi connectivity index (χ4n) is 1.71. The van der Waals surface area contributed by atoms with Gasteiger partial charge in [-0.1, -0.05) is 0 Å². The normalized spacial score (nSPS) is 39.0. The van der Waals surface area contributed by atoms with Crippen LogP contribution in [0, 0.1) is 11.8 Å². The van der Waals surface area contributed by atoms with Crippen LogP contribution in [0.5, 0.6) is 0 Å². The molecule has 2 atom stereocenters. The van der Waals surface area contributed by atoms with Gasteiger partial charge in [-0.25, -0.2) is 0 Å². The molecule has 2 bridgehead atoms. The van der Waals surface area contributed by atoms with Crippen LogP contribution in [0.1, 0.15) is 19.3 Å². The average molecular weight is 185 g/mol. The van der Waals surface area contributed by atoms with E-state index in [2.05, 4.69) is 27.7 Å². The maximum Gasteiger partial charge on any atom is 0.0396 e. The zero-order valence-electron chi connectivity index (χ0n) is 5.23. The molecule has 1 saturated carbocycles. The monoisotopic (exact) mass is 184 g/mol. The number of halogens is 1. The standard InChI is InChI=1S/C8H9Br/c9-8-4-2-6-1-3-7(8)5-6/h2,6-7H,1,3,5H2. The van der Waals surface area contributed by atoms with Crippen molar-refractivity contribution >= 4 is 15.9 Å². The number of rotatable bonds is 0. The molecule has 0 aromatic rings. The zero-order valence-corrected chi connectivity index (χ0v) is 6.82. The van der Waals surface area contributed by atoms with E-state index in [0.29, 0.717) is 0 Å². The summed E-state index contributed by atoms with van der Waals surface area (Å²) < 4.78 is 1.30. The third-order valence-electron chi connectivity index (χ3n) is 2.29. The molecule has 1 heteroatoms. The molecule has 2 aliphatic carbocycles. The van der Waals surface area contributed by atoms with Gasteiger partial charge in [0.25, 0.3) is 0 Å². The van der Waals surface area contributed by atoms with Crippen LogP contribution >= 0.6 is 15.9 Å². The first-order valence-electron chi connectivity index (χ1n) is 3.48. The minimum Gasteiger partial charge on any atom is -0.114 e. The molecule has 0 radical (unpaired) electrons. The van der Waals surface area contributed by atoms with Crippen molar-refractivity contribution in [2.75, 3.05) is 0 Å². The molecule has 2 aliphatic rings. The second-order valence-electron chi connectivity index (χ2n) is 2.93. The number of fused-ring (bicyclic) bond motifs is 2. The van der Waals surface area contributed by atoms with Gasteiger partial charge in [0.2, 0.25) is 0 Å². The summed E-state index contributed by atoms with van der Waals surface area (Å²) in [5, 5.41) is 0. The minimum absolute atomic E-state index is 0.819. The largest absolute Gasteiger partial charge is 0.114 e. The number of allylic oxidation sites excluding steroid dienone is 1. The van der Waals surface area contributed by atoms with Crippen LogP contribution in [0.25, 0.3) is 0 Å². The van der Waals surface area contributed by atoms with E-state index >= 15 is 0 Å². The highest BCUT2D eigenvalue weighted by molar-refractivity contribution is 9.11. The lowest BCUT2D eigenvalue weighted by molar-refractivity contribution is 0.622. The Balaban J connectivity index is 2.36. The van der Waals surface area contributed by atoms with E-state index in [4.69, 9.17) is 0 Å². The van der Waals surface area contributed by atoms with E-state index in [1.165, 1.54) is 23.7 Å². The predicted octanol–water partition coefficient (Wildman–Crippen LogP) is 2.85. The Hall–Kier alpha value is -0.0000000000000000278. The van der Waals surface area contributed by atoms with Crippen molar-refractivity contribution in [1.82, 2.24) is 0 Å². The minimum atomic E-state index is 0.819. The fraction of sp³-hybridized carbons (Fsp3) is 0.625. The van der Waals surface area contributed by atoms with Crippen LogP contribution in [0.2, 0.25) is 0 Å². The summed E-state index contributed by atoms with van der Waals surface area (Å²) in [6, 6.07) is 0. The molecule has 0 amide bonds. The van der Waals surface area contributed by atoms with Crippen molar-refractivity contribution in [3.05, 3.63) is 16.3 Å². The second-order valence-corrected chi connectivity index (χ2v) is 3.78. The quantitative estimate of drug-likeness (QED) is 0.509. The van der Waals surface area contributed by atoms with E-state index in [0.717, 1.165) is 11.8 Å². The fourth-order valence-corrected chi connectivity index (χ4v) is 2.26. The van der Waals surface area contributed by atoms with Gasteiger partial charge in [-0.05, 0) is 53.1 Å². The molecule has 9 heavy (non-hydrogen) atoms. The number of hydrogen-bond acceptors (Lipinski definition) is 0. The molecular weight excluding hydrogens is 176 g/mol. The summed E-state index contributed by atoms with van der Waals surface area (Å²) in [6.07, 6.45) is 6.34. The van der Waals surface area contributed by atoms with Gasteiger partial charge in [-0.15, -0.1) is 5.73 Å². The summed E-state index contributed by atoms with van der Waals surface area (Å²) in [7, 11) is 0. The van der Waals surface area contributed by atoms with E-state index in [-0.39, 0.29) is 0 Å². The van der Waals surface area contributed by atoms with E-state index in [1.54, 1.807) is 0 Å². The molecule has 0 heterocycles. The van der Waals surface area contributed by atoms with E-state index in [9.17, 15) is 0 Å². The first kappa shape index (κ1) is 5.76. The first-order chi connectivity index (χ1) is 4.36. The van der Waals surface area contributed by atoms with Crippen molar-refractivity contribution in [3.63, 3.8) is 0 Å². The third kappa shape index (κ3) is 0.889. The van der Waals surface area contributed by atoms with Crippen molar-refractivity contribution in [2.45, 2.75) is 19.3 Å². The van der Waals surface area contributed by atoms with Gasteiger partial charge in [0.15, 0.2) is 0 Å². The highest BCUT2D eigenvalue weighted by Gasteiger charge is 2.27. The molecule has 2 rings (SSSR count). The zero-order chi connectivity index (χ0) is 6.27. The van der Waals surface area contributed by atoms with Crippen LogP contribution in [-0.4, -0.2) is 0 Å². The molecule has 0 N–H and O–H groups in total. The van der Waals surface area contributed by atoms with Crippen molar-refractivity contribution in [3.8, 4) is 0 Å². The first-order valence-corrected chi connectivity index (χ1v) is 4.28. The smallest absolute Gasteiger partial charge is 0.0396 e. The molecule has 1 fully saturated rings. The summed E-state index contributed by atoms with van der Waals surface area (Å²) in [5.41, 5.74) is 3.25. The van der Waals surface area contributed by atoms with Crippen LogP contribution in [0.15, 0.2) is 16.3 Å². The van der Waals surface area contributed by atoms with Crippen molar-refractivity contribution < 1.29 is 0 Å². The van der Waals surface area contributed by atoms with Crippen LogP contribution in [0.3, 0.4) is 0 Å². The van der Waals surface area contributed by atoms with E-state index in [1.807, 2.05) is 0 Å². The maximum atomic E-state index is 3.52. The SMILES string of the molecule is BrC1=C=CC2CCC1C2. The average Bonchev–Trinajstić information content (AvgIpc) is 2.25. The van der Waals surface area contributed by atoms with E-state index < -0.39 is 0 Å². The maximum absolute atomic E-state index is 3.52. The highest BCUT2D eigenvalue weighted by Crippen LogP contribution is 2.40. The van der Waals surface area contributed by atoms with Crippen LogP contribution < -0.4 is 0 Å². The lowest BCUT2D eigenvalue weighted by Crippen LogP contribution is -1.96. The molecular formula is C8H9Br. The molecule has 48 valence electrons. The lowest BCUT2D eigenvalue weighted by Gasteiger charge is -2.09.